The van der Waals surface area contributed by atoms with E-state index >= 15 is 0 Å². The lowest BCUT2D eigenvalue weighted by atomic mass is 9.91. The highest BCUT2D eigenvalue weighted by Crippen LogP contribution is 2.21. The van der Waals surface area contributed by atoms with Crippen molar-refractivity contribution in [1.82, 2.24) is 5.32 Å². The fourth-order valence-corrected chi connectivity index (χ4v) is 2.01. The zero-order valence-corrected chi connectivity index (χ0v) is 9.99. The van der Waals surface area contributed by atoms with Crippen LogP contribution in [0.5, 0.6) is 0 Å². The van der Waals surface area contributed by atoms with Gasteiger partial charge in [-0.15, -0.1) is 0 Å². The number of aliphatic hydroxyl groups is 1. The summed E-state index contributed by atoms with van der Waals surface area (Å²) in [6.45, 7) is 1.57. The summed E-state index contributed by atoms with van der Waals surface area (Å²) in [6.07, 6.45) is 4.80. The molecule has 1 fully saturated rings. The van der Waals surface area contributed by atoms with Gasteiger partial charge in [0.25, 0.3) is 0 Å². The Morgan fingerprint density at radius 2 is 2.11 bits per heavy atom. The van der Waals surface area contributed by atoms with Crippen molar-refractivity contribution in [3.05, 3.63) is 41.2 Å². The lowest BCUT2D eigenvalue weighted by Crippen LogP contribution is -2.40. The third-order valence-corrected chi connectivity index (χ3v) is 3.17. The molecule has 0 spiro atoms. The number of halogens is 1. The second kappa shape index (κ2) is 5.30. The summed E-state index contributed by atoms with van der Waals surface area (Å²) in [5, 5.41) is 22.2. The first-order valence-corrected chi connectivity index (χ1v) is 5.95. The van der Waals surface area contributed by atoms with E-state index in [0.29, 0.717) is 12.8 Å². The van der Waals surface area contributed by atoms with Crippen LogP contribution >= 0.6 is 0 Å². The molecule has 2 rings (SSSR count). The van der Waals surface area contributed by atoms with Crippen molar-refractivity contribution < 1.29 is 9.50 Å². The van der Waals surface area contributed by atoms with Gasteiger partial charge in [0.2, 0.25) is 0 Å². The first-order valence-electron chi connectivity index (χ1n) is 5.95. The molecule has 94 valence electrons. The molecule has 0 aliphatic carbocycles. The maximum atomic E-state index is 13.1. The Bertz CT molecular complexity index is 499. The van der Waals surface area contributed by atoms with E-state index in [1.54, 1.807) is 24.3 Å². The maximum absolute atomic E-state index is 13.1. The maximum Gasteiger partial charge on any atom is 0.140 e. The van der Waals surface area contributed by atoms with E-state index < -0.39 is 11.4 Å². The second-order valence-electron chi connectivity index (χ2n) is 4.54. The standard InChI is InChI=1S/C14H15FN2O/c15-13-2-1-11(9-12(13)10-16)3-4-14(18)5-7-17-8-6-14/h1-4,9,17-18H,5-8H2. The summed E-state index contributed by atoms with van der Waals surface area (Å²) in [6, 6.07) is 6.15. The summed E-state index contributed by atoms with van der Waals surface area (Å²) in [5.41, 5.74) is -0.0544. The van der Waals surface area contributed by atoms with Crippen molar-refractivity contribution in [3.63, 3.8) is 0 Å². The van der Waals surface area contributed by atoms with E-state index in [1.165, 1.54) is 12.1 Å². The predicted molar refractivity (Wildman–Crippen MR) is 67.2 cm³/mol. The molecule has 0 radical (unpaired) electrons. The first-order chi connectivity index (χ1) is 8.63. The molecule has 4 heteroatoms. The molecule has 1 aliphatic heterocycles. The van der Waals surface area contributed by atoms with Crippen LogP contribution in [0.1, 0.15) is 24.0 Å². The van der Waals surface area contributed by atoms with Crippen molar-refractivity contribution in [2.75, 3.05) is 13.1 Å². The quantitative estimate of drug-likeness (QED) is 0.837. The zero-order valence-electron chi connectivity index (χ0n) is 9.99. The second-order valence-corrected chi connectivity index (χ2v) is 4.54. The van der Waals surface area contributed by atoms with E-state index in [-0.39, 0.29) is 5.56 Å². The highest BCUT2D eigenvalue weighted by molar-refractivity contribution is 5.53. The zero-order chi connectivity index (χ0) is 13.0. The Hall–Kier alpha value is -1.70. The topological polar surface area (TPSA) is 56.0 Å². The number of nitriles is 1. The third-order valence-electron chi connectivity index (χ3n) is 3.17. The van der Waals surface area contributed by atoms with Crippen molar-refractivity contribution in [1.29, 1.82) is 5.26 Å². The predicted octanol–water partition coefficient (Wildman–Crippen LogP) is 1.83. The van der Waals surface area contributed by atoms with Crippen molar-refractivity contribution >= 4 is 6.08 Å². The van der Waals surface area contributed by atoms with Crippen LogP contribution in [0, 0.1) is 17.1 Å². The Morgan fingerprint density at radius 1 is 1.39 bits per heavy atom. The Morgan fingerprint density at radius 3 is 2.78 bits per heavy atom. The average Bonchev–Trinajstić information content (AvgIpc) is 2.39. The summed E-state index contributed by atoms with van der Waals surface area (Å²) in [5.74, 6) is -0.518. The highest BCUT2D eigenvalue weighted by Gasteiger charge is 2.25. The van der Waals surface area contributed by atoms with E-state index in [1.807, 2.05) is 0 Å². The van der Waals surface area contributed by atoms with Gasteiger partial charge in [0.15, 0.2) is 0 Å². The van der Waals surface area contributed by atoms with Crippen LogP contribution in [-0.2, 0) is 0 Å². The molecule has 0 amide bonds. The average molecular weight is 246 g/mol. The van der Waals surface area contributed by atoms with Crippen LogP contribution in [0.4, 0.5) is 4.39 Å². The smallest absolute Gasteiger partial charge is 0.140 e. The fraction of sp³-hybridized carbons (Fsp3) is 0.357. The molecule has 0 atom stereocenters. The minimum absolute atomic E-state index is 0.0226. The fourth-order valence-electron chi connectivity index (χ4n) is 2.01. The van der Waals surface area contributed by atoms with Gasteiger partial charge >= 0.3 is 0 Å². The van der Waals surface area contributed by atoms with E-state index in [9.17, 15) is 9.50 Å². The minimum Gasteiger partial charge on any atom is -0.386 e. The van der Waals surface area contributed by atoms with Crippen LogP contribution in [0.3, 0.4) is 0 Å². The largest absolute Gasteiger partial charge is 0.386 e. The van der Waals surface area contributed by atoms with Crippen molar-refractivity contribution in [2.45, 2.75) is 18.4 Å². The molecule has 18 heavy (non-hydrogen) atoms. The van der Waals surface area contributed by atoms with Gasteiger partial charge in [0.05, 0.1) is 11.2 Å². The molecule has 1 aromatic carbocycles. The van der Waals surface area contributed by atoms with Crippen molar-refractivity contribution in [3.8, 4) is 6.07 Å². The Kier molecular flexibility index (Phi) is 3.75. The summed E-state index contributed by atoms with van der Waals surface area (Å²) in [7, 11) is 0. The number of nitrogens with one attached hydrogen (secondary N) is 1. The number of nitrogens with zero attached hydrogens (tertiary/aromatic N) is 1. The Labute approximate surface area is 106 Å². The number of rotatable bonds is 2. The molecule has 2 N–H and O–H groups in total. The van der Waals surface area contributed by atoms with Crippen molar-refractivity contribution in [2.24, 2.45) is 0 Å². The number of hydrogen-bond donors (Lipinski definition) is 2. The van der Waals surface area contributed by atoms with Gasteiger partial charge in [-0.25, -0.2) is 4.39 Å². The molecule has 0 saturated carbocycles. The van der Waals surface area contributed by atoms with Gasteiger partial charge in [0.1, 0.15) is 11.9 Å². The van der Waals surface area contributed by atoms with Gasteiger partial charge in [-0.1, -0.05) is 18.2 Å². The minimum atomic E-state index is -0.799. The summed E-state index contributed by atoms with van der Waals surface area (Å²) < 4.78 is 13.1. The van der Waals surface area contributed by atoms with E-state index in [2.05, 4.69) is 5.32 Å². The lowest BCUT2D eigenvalue weighted by molar-refractivity contribution is 0.0590. The van der Waals surface area contributed by atoms with Crippen LogP contribution < -0.4 is 5.32 Å². The SMILES string of the molecule is N#Cc1cc(C=CC2(O)CCNCC2)ccc1F. The number of benzene rings is 1. The van der Waals surface area contributed by atoms with Crippen LogP contribution in [0.25, 0.3) is 6.08 Å². The number of piperidine rings is 1. The molecular weight excluding hydrogens is 231 g/mol. The summed E-state index contributed by atoms with van der Waals surface area (Å²) in [4.78, 5) is 0. The molecule has 3 nitrogen and oxygen atoms in total. The van der Waals surface area contributed by atoms with Crippen LogP contribution in [0.15, 0.2) is 24.3 Å². The van der Waals surface area contributed by atoms with E-state index in [4.69, 9.17) is 5.26 Å². The molecule has 1 aromatic rings. The normalized spacial score (nSPS) is 18.7. The highest BCUT2D eigenvalue weighted by atomic mass is 19.1. The molecule has 0 unspecified atom stereocenters. The number of hydrogen-bond acceptors (Lipinski definition) is 3. The van der Waals surface area contributed by atoms with Gasteiger partial charge in [0, 0.05) is 0 Å². The molecule has 0 aromatic heterocycles. The van der Waals surface area contributed by atoms with Gasteiger partial charge < -0.3 is 10.4 Å². The molecule has 1 saturated heterocycles. The monoisotopic (exact) mass is 246 g/mol. The molecule has 1 heterocycles. The molecular formula is C14H15FN2O. The van der Waals surface area contributed by atoms with E-state index in [0.717, 1.165) is 18.7 Å². The third kappa shape index (κ3) is 2.95. The summed E-state index contributed by atoms with van der Waals surface area (Å²) >= 11 is 0. The van der Waals surface area contributed by atoms with Gasteiger partial charge in [-0.05, 0) is 43.6 Å². The molecule has 0 bridgehead atoms. The van der Waals surface area contributed by atoms with Gasteiger partial charge in [-0.2, -0.15) is 5.26 Å². The van der Waals surface area contributed by atoms with Crippen LogP contribution in [-0.4, -0.2) is 23.8 Å². The van der Waals surface area contributed by atoms with Crippen LogP contribution in [0.2, 0.25) is 0 Å². The molecule has 1 aliphatic rings. The van der Waals surface area contributed by atoms with Gasteiger partial charge in [-0.3, -0.25) is 0 Å². The lowest BCUT2D eigenvalue weighted by Gasteiger charge is -2.29. The first kappa shape index (κ1) is 12.7. The Balaban J connectivity index is 2.16.